The molecule has 0 unspecified atom stereocenters. The molecule has 0 spiro atoms. The molecule has 1 aliphatic heterocycles. The molecule has 0 atom stereocenters. The van der Waals surface area contributed by atoms with Crippen LogP contribution in [0.25, 0.3) is 0 Å². The Bertz CT molecular complexity index is 664. The second-order valence-electron chi connectivity index (χ2n) is 5.01. The Kier molecular flexibility index (Phi) is 3.90. The molecular formula is C14H17N5O3. The van der Waals surface area contributed by atoms with Crippen molar-refractivity contribution < 1.29 is 14.1 Å². The first kappa shape index (κ1) is 14.3. The number of rotatable bonds is 3. The Morgan fingerprint density at radius 2 is 2.09 bits per heavy atom. The molecule has 22 heavy (non-hydrogen) atoms. The Labute approximate surface area is 127 Å². The minimum absolute atomic E-state index is 0.133. The molecule has 116 valence electrons. The number of aryl methyl sites for hydroxylation is 1. The quantitative estimate of drug-likeness (QED) is 0.827. The summed E-state index contributed by atoms with van der Waals surface area (Å²) in [5, 5.41) is 3.75. The molecule has 8 heteroatoms. The first-order valence-corrected chi connectivity index (χ1v) is 7.02. The van der Waals surface area contributed by atoms with Gasteiger partial charge in [-0.2, -0.15) is 4.98 Å². The van der Waals surface area contributed by atoms with Crippen molar-refractivity contribution in [2.45, 2.75) is 6.92 Å². The van der Waals surface area contributed by atoms with E-state index in [0.717, 1.165) is 0 Å². The maximum atomic E-state index is 12.3. The van der Waals surface area contributed by atoms with E-state index in [1.165, 1.54) is 0 Å². The largest absolute Gasteiger partial charge is 0.481 e. The molecule has 1 fully saturated rings. The predicted molar refractivity (Wildman–Crippen MR) is 77.9 cm³/mol. The lowest BCUT2D eigenvalue weighted by atomic mass is 10.3. The number of ether oxygens (including phenoxy) is 1. The van der Waals surface area contributed by atoms with Gasteiger partial charge in [0.25, 0.3) is 5.91 Å². The highest BCUT2D eigenvalue weighted by Gasteiger charge is 2.25. The van der Waals surface area contributed by atoms with E-state index in [4.69, 9.17) is 9.26 Å². The lowest BCUT2D eigenvalue weighted by Gasteiger charge is -2.34. The lowest BCUT2D eigenvalue weighted by Crippen LogP contribution is -2.49. The molecule has 1 amide bonds. The molecule has 0 aromatic carbocycles. The Morgan fingerprint density at radius 3 is 2.73 bits per heavy atom. The van der Waals surface area contributed by atoms with Gasteiger partial charge in [-0.1, -0.05) is 5.16 Å². The van der Waals surface area contributed by atoms with Crippen LogP contribution in [0.4, 0.5) is 5.95 Å². The third-order valence-corrected chi connectivity index (χ3v) is 3.51. The summed E-state index contributed by atoms with van der Waals surface area (Å²) in [6, 6.07) is 3.36. The van der Waals surface area contributed by atoms with Crippen LogP contribution in [-0.4, -0.2) is 59.2 Å². The molecule has 3 heterocycles. The van der Waals surface area contributed by atoms with Gasteiger partial charge < -0.3 is 19.1 Å². The zero-order valence-corrected chi connectivity index (χ0v) is 12.5. The average molecular weight is 303 g/mol. The van der Waals surface area contributed by atoms with Crippen molar-refractivity contribution in [1.29, 1.82) is 0 Å². The number of carbonyl (C=O) groups is 1. The van der Waals surface area contributed by atoms with E-state index in [1.54, 1.807) is 37.3 Å². The van der Waals surface area contributed by atoms with Crippen LogP contribution in [-0.2, 0) is 0 Å². The van der Waals surface area contributed by atoms with Crippen molar-refractivity contribution in [3.63, 3.8) is 0 Å². The highest BCUT2D eigenvalue weighted by molar-refractivity contribution is 5.91. The number of aromatic nitrogens is 3. The Morgan fingerprint density at radius 1 is 1.32 bits per heavy atom. The van der Waals surface area contributed by atoms with E-state index >= 15 is 0 Å². The monoisotopic (exact) mass is 303 g/mol. The predicted octanol–water partition coefficient (Wildman–Crippen LogP) is 0.744. The fourth-order valence-electron chi connectivity index (χ4n) is 2.33. The molecule has 8 nitrogen and oxygen atoms in total. The summed E-state index contributed by atoms with van der Waals surface area (Å²) < 4.78 is 10.1. The van der Waals surface area contributed by atoms with Crippen LogP contribution in [0.5, 0.6) is 5.88 Å². The zero-order valence-electron chi connectivity index (χ0n) is 12.5. The fourth-order valence-corrected chi connectivity index (χ4v) is 2.33. The van der Waals surface area contributed by atoms with Crippen LogP contribution >= 0.6 is 0 Å². The second-order valence-corrected chi connectivity index (χ2v) is 5.01. The Balaban J connectivity index is 1.63. The number of piperazine rings is 1. The summed E-state index contributed by atoms with van der Waals surface area (Å²) in [7, 11) is 1.57. The van der Waals surface area contributed by atoms with E-state index < -0.39 is 0 Å². The van der Waals surface area contributed by atoms with Gasteiger partial charge in [-0.25, -0.2) is 4.98 Å². The van der Waals surface area contributed by atoms with Crippen molar-refractivity contribution in [3.8, 4) is 5.88 Å². The molecule has 2 aromatic heterocycles. The summed E-state index contributed by atoms with van der Waals surface area (Å²) in [6.07, 6.45) is 1.66. The van der Waals surface area contributed by atoms with Crippen LogP contribution in [0.1, 0.15) is 16.2 Å². The normalized spacial score (nSPS) is 15.0. The van der Waals surface area contributed by atoms with E-state index in [2.05, 4.69) is 15.1 Å². The standard InChI is InChI=1S/C14H17N5O3/c1-10-9-11(22-17-10)13(20)18-5-7-19(8-6-18)14-15-4-3-12(16-14)21-2/h3-4,9H,5-8H2,1-2H3. The van der Waals surface area contributed by atoms with Gasteiger partial charge in [-0.15, -0.1) is 0 Å². The van der Waals surface area contributed by atoms with Crippen molar-refractivity contribution in [2.75, 3.05) is 38.2 Å². The molecule has 0 N–H and O–H groups in total. The molecule has 1 aliphatic rings. The summed E-state index contributed by atoms with van der Waals surface area (Å²) >= 11 is 0. The van der Waals surface area contributed by atoms with Gasteiger partial charge >= 0.3 is 0 Å². The summed E-state index contributed by atoms with van der Waals surface area (Å²) in [5.41, 5.74) is 0.701. The van der Waals surface area contributed by atoms with Gasteiger partial charge in [0.15, 0.2) is 0 Å². The third kappa shape index (κ3) is 2.85. The first-order valence-electron chi connectivity index (χ1n) is 7.02. The molecule has 3 rings (SSSR count). The van der Waals surface area contributed by atoms with Gasteiger partial charge in [0.05, 0.1) is 12.8 Å². The number of carbonyl (C=O) groups excluding carboxylic acids is 1. The number of hydrogen-bond donors (Lipinski definition) is 0. The number of hydrogen-bond acceptors (Lipinski definition) is 7. The van der Waals surface area contributed by atoms with E-state index in [0.29, 0.717) is 43.7 Å². The summed E-state index contributed by atoms with van der Waals surface area (Å²) in [6.45, 7) is 4.27. The SMILES string of the molecule is COc1ccnc(N2CCN(C(=O)c3cc(C)no3)CC2)n1. The van der Waals surface area contributed by atoms with Gasteiger partial charge in [-0.05, 0) is 6.92 Å². The highest BCUT2D eigenvalue weighted by atomic mass is 16.5. The molecule has 0 saturated carbocycles. The smallest absolute Gasteiger partial charge is 0.292 e. The van der Waals surface area contributed by atoms with Gasteiger partial charge in [0, 0.05) is 44.5 Å². The number of nitrogens with zero attached hydrogens (tertiary/aromatic N) is 5. The maximum Gasteiger partial charge on any atom is 0.292 e. The number of methoxy groups -OCH3 is 1. The second kappa shape index (κ2) is 6.00. The van der Waals surface area contributed by atoms with Crippen LogP contribution < -0.4 is 9.64 Å². The first-order chi connectivity index (χ1) is 10.7. The van der Waals surface area contributed by atoms with E-state index in [-0.39, 0.29) is 11.7 Å². The van der Waals surface area contributed by atoms with E-state index in [9.17, 15) is 4.79 Å². The van der Waals surface area contributed by atoms with Crippen LogP contribution in [0.2, 0.25) is 0 Å². The highest BCUT2D eigenvalue weighted by Crippen LogP contribution is 2.16. The molecule has 0 aliphatic carbocycles. The summed E-state index contributed by atoms with van der Waals surface area (Å²) in [5.74, 6) is 1.29. The van der Waals surface area contributed by atoms with Crippen molar-refractivity contribution in [3.05, 3.63) is 29.8 Å². The zero-order chi connectivity index (χ0) is 15.5. The lowest BCUT2D eigenvalue weighted by molar-refractivity contribution is 0.0704. The number of anilines is 1. The van der Waals surface area contributed by atoms with E-state index in [1.807, 2.05) is 4.90 Å². The molecule has 2 aromatic rings. The minimum atomic E-state index is -0.133. The molecule has 0 radical (unpaired) electrons. The van der Waals surface area contributed by atoms with Gasteiger partial charge in [0.2, 0.25) is 17.6 Å². The van der Waals surface area contributed by atoms with Crippen molar-refractivity contribution in [1.82, 2.24) is 20.0 Å². The van der Waals surface area contributed by atoms with Gasteiger partial charge in [-0.3, -0.25) is 4.79 Å². The minimum Gasteiger partial charge on any atom is -0.481 e. The van der Waals surface area contributed by atoms with Gasteiger partial charge in [0.1, 0.15) is 0 Å². The Hall–Kier alpha value is -2.64. The average Bonchev–Trinajstić information content (AvgIpc) is 3.01. The van der Waals surface area contributed by atoms with Crippen LogP contribution in [0.15, 0.2) is 22.9 Å². The third-order valence-electron chi connectivity index (χ3n) is 3.51. The molecule has 1 saturated heterocycles. The fraction of sp³-hybridized carbons (Fsp3) is 0.429. The van der Waals surface area contributed by atoms with Crippen LogP contribution in [0.3, 0.4) is 0 Å². The summed E-state index contributed by atoms with van der Waals surface area (Å²) in [4.78, 5) is 24.6. The van der Waals surface area contributed by atoms with Crippen LogP contribution in [0, 0.1) is 6.92 Å². The topological polar surface area (TPSA) is 84.6 Å². The van der Waals surface area contributed by atoms with Crippen molar-refractivity contribution in [2.24, 2.45) is 0 Å². The van der Waals surface area contributed by atoms with Crippen molar-refractivity contribution >= 4 is 11.9 Å². The molecular weight excluding hydrogens is 286 g/mol. The number of amides is 1. The molecule has 0 bridgehead atoms. The maximum absolute atomic E-state index is 12.3.